The van der Waals surface area contributed by atoms with Crippen LogP contribution in [0.4, 0.5) is 0 Å². The lowest BCUT2D eigenvalue weighted by Crippen LogP contribution is -1.99. The Morgan fingerprint density at radius 1 is 0.680 bits per heavy atom. The maximum Gasteiger partial charge on any atom is 0.127 e. The third-order valence-electron chi connectivity index (χ3n) is 4.71. The average molecular weight is 326 g/mol. The van der Waals surface area contributed by atoms with Gasteiger partial charge < -0.3 is 4.74 Å². The zero-order valence-electron chi connectivity index (χ0n) is 14.5. The summed E-state index contributed by atoms with van der Waals surface area (Å²) in [5.41, 5.74) is 2.44. The summed E-state index contributed by atoms with van der Waals surface area (Å²) in [4.78, 5) is 0. The van der Waals surface area contributed by atoms with Gasteiger partial charge in [-0.25, -0.2) is 0 Å². The molecule has 0 atom stereocenters. The molecule has 0 aromatic heterocycles. The lowest BCUT2D eigenvalue weighted by Gasteiger charge is -2.16. The van der Waals surface area contributed by atoms with Crippen molar-refractivity contribution in [1.29, 1.82) is 0 Å². The lowest BCUT2D eigenvalue weighted by atomic mass is 9.93. The number of unbranched alkanes of at least 4 members (excludes halogenated alkanes) is 1. The summed E-state index contributed by atoms with van der Waals surface area (Å²) in [5, 5.41) is 5.01. The average Bonchev–Trinajstić information content (AvgIpc) is 2.67. The Morgan fingerprint density at radius 2 is 1.36 bits per heavy atom. The highest BCUT2D eigenvalue weighted by Gasteiger charge is 2.13. The summed E-state index contributed by atoms with van der Waals surface area (Å²) >= 11 is 0. The van der Waals surface area contributed by atoms with E-state index in [2.05, 4.69) is 85.8 Å². The van der Waals surface area contributed by atoms with Gasteiger partial charge in [-0.3, -0.25) is 0 Å². The van der Waals surface area contributed by atoms with Crippen LogP contribution in [0.1, 0.15) is 19.8 Å². The molecule has 0 N–H and O–H groups in total. The Bertz CT molecular complexity index is 1010. The minimum absolute atomic E-state index is 0.757. The molecule has 0 aliphatic rings. The zero-order chi connectivity index (χ0) is 17.1. The van der Waals surface area contributed by atoms with Crippen LogP contribution in [-0.4, -0.2) is 6.61 Å². The SMILES string of the molecule is CCCCOc1ccc2ccccc2c1-c1cccc2ccccc12. The first-order chi connectivity index (χ1) is 12.4. The summed E-state index contributed by atoms with van der Waals surface area (Å²) in [6, 6.07) is 27.9. The standard InChI is InChI=1S/C24H22O/c1-2-3-17-25-23-16-15-19-10-5-7-13-21(19)24(23)22-14-8-11-18-9-4-6-12-20(18)22/h4-16H,2-3,17H2,1H3. The largest absolute Gasteiger partial charge is 0.493 e. The van der Waals surface area contributed by atoms with Crippen LogP contribution >= 0.6 is 0 Å². The number of hydrogen-bond donors (Lipinski definition) is 0. The predicted octanol–water partition coefficient (Wildman–Crippen LogP) is 6.84. The van der Waals surface area contributed by atoms with Crippen molar-refractivity contribution in [3.63, 3.8) is 0 Å². The van der Waals surface area contributed by atoms with Crippen LogP contribution in [0.25, 0.3) is 32.7 Å². The molecule has 0 saturated heterocycles. The smallest absolute Gasteiger partial charge is 0.127 e. The fourth-order valence-corrected chi connectivity index (χ4v) is 3.42. The molecular formula is C24H22O. The first-order valence-corrected chi connectivity index (χ1v) is 9.01. The third-order valence-corrected chi connectivity index (χ3v) is 4.71. The fourth-order valence-electron chi connectivity index (χ4n) is 3.42. The molecule has 0 bridgehead atoms. The van der Waals surface area contributed by atoms with Crippen molar-refractivity contribution in [1.82, 2.24) is 0 Å². The summed E-state index contributed by atoms with van der Waals surface area (Å²) in [6.45, 7) is 2.95. The van der Waals surface area contributed by atoms with E-state index in [4.69, 9.17) is 4.74 Å². The van der Waals surface area contributed by atoms with Gasteiger partial charge in [-0.15, -0.1) is 0 Å². The van der Waals surface area contributed by atoms with E-state index >= 15 is 0 Å². The highest BCUT2D eigenvalue weighted by molar-refractivity contribution is 6.07. The third kappa shape index (κ3) is 2.98. The quantitative estimate of drug-likeness (QED) is 0.365. The molecule has 4 aromatic rings. The fraction of sp³-hybridized carbons (Fsp3) is 0.167. The first kappa shape index (κ1) is 15.7. The number of ether oxygens (including phenoxy) is 1. The molecule has 1 heteroatoms. The molecule has 0 aliphatic carbocycles. The second kappa shape index (κ2) is 6.98. The Labute approximate surface area is 148 Å². The van der Waals surface area contributed by atoms with E-state index in [-0.39, 0.29) is 0 Å². The Balaban J connectivity index is 1.98. The summed E-state index contributed by atoms with van der Waals surface area (Å²) < 4.78 is 6.19. The van der Waals surface area contributed by atoms with Gasteiger partial charge in [0.05, 0.1) is 6.61 Å². The van der Waals surface area contributed by atoms with Crippen LogP contribution in [0, 0.1) is 0 Å². The first-order valence-electron chi connectivity index (χ1n) is 9.01. The molecule has 124 valence electrons. The van der Waals surface area contributed by atoms with E-state index in [0.717, 1.165) is 25.2 Å². The van der Waals surface area contributed by atoms with Crippen LogP contribution in [0.15, 0.2) is 78.9 Å². The molecule has 0 radical (unpaired) electrons. The lowest BCUT2D eigenvalue weighted by molar-refractivity contribution is 0.311. The van der Waals surface area contributed by atoms with Crippen molar-refractivity contribution >= 4 is 21.5 Å². The van der Waals surface area contributed by atoms with Crippen LogP contribution in [0.3, 0.4) is 0 Å². The molecule has 0 spiro atoms. The Morgan fingerprint density at radius 3 is 2.16 bits per heavy atom. The van der Waals surface area contributed by atoms with Gasteiger partial charge in [-0.2, -0.15) is 0 Å². The van der Waals surface area contributed by atoms with E-state index in [1.54, 1.807) is 0 Å². The van der Waals surface area contributed by atoms with Crippen LogP contribution < -0.4 is 4.74 Å². The van der Waals surface area contributed by atoms with E-state index in [1.807, 2.05) is 0 Å². The summed E-state index contributed by atoms with van der Waals surface area (Å²) in [6.07, 6.45) is 2.21. The minimum Gasteiger partial charge on any atom is -0.493 e. The molecule has 4 aromatic carbocycles. The maximum atomic E-state index is 6.19. The Hall–Kier alpha value is -2.80. The Kier molecular flexibility index (Phi) is 4.39. The summed E-state index contributed by atoms with van der Waals surface area (Å²) in [7, 11) is 0. The van der Waals surface area contributed by atoms with Crippen LogP contribution in [-0.2, 0) is 0 Å². The van der Waals surface area contributed by atoms with Gasteiger partial charge in [0.25, 0.3) is 0 Å². The zero-order valence-corrected chi connectivity index (χ0v) is 14.5. The molecule has 0 unspecified atom stereocenters. The number of fused-ring (bicyclic) bond motifs is 2. The second-order valence-corrected chi connectivity index (χ2v) is 6.39. The van der Waals surface area contributed by atoms with Crippen molar-refractivity contribution in [3.8, 4) is 16.9 Å². The van der Waals surface area contributed by atoms with Crippen molar-refractivity contribution in [2.45, 2.75) is 19.8 Å². The predicted molar refractivity (Wildman–Crippen MR) is 107 cm³/mol. The molecule has 1 nitrogen and oxygen atoms in total. The van der Waals surface area contributed by atoms with Crippen molar-refractivity contribution < 1.29 is 4.74 Å². The van der Waals surface area contributed by atoms with Gasteiger partial charge in [0.15, 0.2) is 0 Å². The van der Waals surface area contributed by atoms with E-state index in [1.165, 1.54) is 32.7 Å². The van der Waals surface area contributed by atoms with Gasteiger partial charge in [-0.1, -0.05) is 86.1 Å². The highest BCUT2D eigenvalue weighted by Crippen LogP contribution is 2.40. The number of benzene rings is 4. The molecule has 25 heavy (non-hydrogen) atoms. The van der Waals surface area contributed by atoms with Crippen molar-refractivity contribution in [2.75, 3.05) is 6.61 Å². The van der Waals surface area contributed by atoms with E-state index in [9.17, 15) is 0 Å². The molecule has 0 fully saturated rings. The second-order valence-electron chi connectivity index (χ2n) is 6.39. The normalized spacial score (nSPS) is 11.1. The van der Waals surface area contributed by atoms with Crippen LogP contribution in [0.2, 0.25) is 0 Å². The van der Waals surface area contributed by atoms with Crippen LogP contribution in [0.5, 0.6) is 5.75 Å². The van der Waals surface area contributed by atoms with Gasteiger partial charge in [0.1, 0.15) is 5.75 Å². The maximum absolute atomic E-state index is 6.19. The molecule has 4 rings (SSSR count). The molecule has 0 amide bonds. The monoisotopic (exact) mass is 326 g/mol. The van der Waals surface area contributed by atoms with Crippen molar-refractivity contribution in [3.05, 3.63) is 78.9 Å². The van der Waals surface area contributed by atoms with E-state index < -0.39 is 0 Å². The van der Waals surface area contributed by atoms with Crippen molar-refractivity contribution in [2.24, 2.45) is 0 Å². The van der Waals surface area contributed by atoms with Gasteiger partial charge in [-0.05, 0) is 39.6 Å². The minimum atomic E-state index is 0.757. The topological polar surface area (TPSA) is 9.23 Å². The van der Waals surface area contributed by atoms with E-state index in [0.29, 0.717) is 0 Å². The number of hydrogen-bond acceptors (Lipinski definition) is 1. The molecule has 0 heterocycles. The molecule has 0 aliphatic heterocycles. The van der Waals surface area contributed by atoms with Gasteiger partial charge in [0.2, 0.25) is 0 Å². The summed E-state index contributed by atoms with van der Waals surface area (Å²) in [5.74, 6) is 0.975. The molecular weight excluding hydrogens is 304 g/mol. The highest BCUT2D eigenvalue weighted by atomic mass is 16.5. The van der Waals surface area contributed by atoms with Gasteiger partial charge >= 0.3 is 0 Å². The molecule has 0 saturated carbocycles. The number of rotatable bonds is 5. The van der Waals surface area contributed by atoms with Gasteiger partial charge in [0, 0.05) is 5.56 Å².